The van der Waals surface area contributed by atoms with E-state index in [0.717, 1.165) is 17.5 Å². The van der Waals surface area contributed by atoms with E-state index in [1.807, 2.05) is 0 Å². The van der Waals surface area contributed by atoms with E-state index in [-0.39, 0.29) is 11.5 Å². The Bertz CT molecular complexity index is 351. The van der Waals surface area contributed by atoms with E-state index in [9.17, 15) is 14.9 Å². The highest BCUT2D eigenvalue weighted by molar-refractivity contribution is 7.18. The molecule has 0 saturated carbocycles. The molecule has 0 spiro atoms. The predicted octanol–water partition coefficient (Wildman–Crippen LogP) is 0.636. The molecule has 0 amide bonds. The molecule has 7 nitrogen and oxygen atoms in total. The fourth-order valence-corrected chi connectivity index (χ4v) is 1.28. The van der Waals surface area contributed by atoms with E-state index in [2.05, 4.69) is 15.0 Å². The third-order valence-electron chi connectivity index (χ3n) is 1.29. The quantitative estimate of drug-likeness (QED) is 0.451. The summed E-state index contributed by atoms with van der Waals surface area (Å²) >= 11 is 0.864. The van der Waals surface area contributed by atoms with E-state index in [4.69, 9.17) is 0 Å². The van der Waals surface area contributed by atoms with Crippen molar-refractivity contribution in [1.29, 1.82) is 0 Å². The summed E-state index contributed by atoms with van der Waals surface area (Å²) in [7, 11) is 1.26. The van der Waals surface area contributed by atoms with Gasteiger partial charge in [0.05, 0.1) is 12.0 Å². The van der Waals surface area contributed by atoms with Crippen LogP contribution in [-0.4, -0.2) is 29.5 Å². The Morgan fingerprint density at radius 1 is 1.86 bits per heavy atom. The van der Waals surface area contributed by atoms with Gasteiger partial charge < -0.3 is 10.1 Å². The summed E-state index contributed by atoms with van der Waals surface area (Å²) in [5.74, 6) is -0.456. The number of nitrogens with zero attached hydrogens (tertiary/aromatic N) is 2. The largest absolute Gasteiger partial charge is 0.468 e. The first kappa shape index (κ1) is 10.4. The van der Waals surface area contributed by atoms with Crippen molar-refractivity contribution >= 4 is 27.4 Å². The molecular formula is C6H7N3O4S. The van der Waals surface area contributed by atoms with Crippen LogP contribution in [0.5, 0.6) is 0 Å². The minimum Gasteiger partial charge on any atom is -0.468 e. The van der Waals surface area contributed by atoms with Gasteiger partial charge in [0, 0.05) is 0 Å². The molecule has 0 aliphatic carbocycles. The molecule has 1 aromatic heterocycles. The zero-order chi connectivity index (χ0) is 10.6. The van der Waals surface area contributed by atoms with E-state index in [1.54, 1.807) is 0 Å². The van der Waals surface area contributed by atoms with Crippen LogP contribution in [0.3, 0.4) is 0 Å². The minimum atomic E-state index is -0.541. The van der Waals surface area contributed by atoms with Gasteiger partial charge in [-0.3, -0.25) is 14.9 Å². The number of anilines is 1. The van der Waals surface area contributed by atoms with Crippen LogP contribution in [-0.2, 0) is 9.53 Å². The van der Waals surface area contributed by atoms with Crippen LogP contribution >= 0.6 is 11.3 Å². The van der Waals surface area contributed by atoms with Gasteiger partial charge in [-0.05, 0) is 11.3 Å². The van der Waals surface area contributed by atoms with Gasteiger partial charge >= 0.3 is 11.0 Å². The van der Waals surface area contributed by atoms with Crippen molar-refractivity contribution < 1.29 is 14.5 Å². The molecule has 76 valence electrons. The van der Waals surface area contributed by atoms with Crippen LogP contribution in [0.15, 0.2) is 6.20 Å². The Kier molecular flexibility index (Phi) is 3.35. The van der Waals surface area contributed by atoms with Crippen molar-refractivity contribution in [3.05, 3.63) is 16.3 Å². The van der Waals surface area contributed by atoms with Crippen LogP contribution in [0.4, 0.5) is 10.1 Å². The van der Waals surface area contributed by atoms with Gasteiger partial charge in [0.25, 0.3) is 0 Å². The number of methoxy groups -OCH3 is 1. The number of nitrogens with one attached hydrogen (secondary N) is 1. The molecule has 0 unspecified atom stereocenters. The zero-order valence-corrected chi connectivity index (χ0v) is 8.04. The number of hydrogen-bond acceptors (Lipinski definition) is 7. The van der Waals surface area contributed by atoms with E-state index in [0.29, 0.717) is 5.13 Å². The molecule has 1 aromatic rings. The van der Waals surface area contributed by atoms with Crippen LogP contribution in [0.25, 0.3) is 0 Å². The third kappa shape index (κ3) is 2.66. The molecule has 1 N–H and O–H groups in total. The molecule has 0 aromatic carbocycles. The number of ether oxygens (including phenoxy) is 1. The number of aromatic nitrogens is 1. The molecule has 0 radical (unpaired) electrons. The first-order chi connectivity index (χ1) is 6.63. The van der Waals surface area contributed by atoms with Crippen LogP contribution < -0.4 is 5.32 Å². The van der Waals surface area contributed by atoms with Gasteiger partial charge in [-0.1, -0.05) is 0 Å². The van der Waals surface area contributed by atoms with Crippen molar-refractivity contribution in [2.75, 3.05) is 19.0 Å². The number of carbonyl (C=O) groups is 1. The first-order valence-corrected chi connectivity index (χ1v) is 4.36. The van der Waals surface area contributed by atoms with Gasteiger partial charge in [-0.2, -0.15) is 0 Å². The summed E-state index contributed by atoms with van der Waals surface area (Å²) in [6.07, 6.45) is 1.13. The number of thiazole rings is 1. The molecule has 1 heterocycles. The maximum absolute atomic E-state index is 10.7. The van der Waals surface area contributed by atoms with Gasteiger partial charge in [0.1, 0.15) is 12.7 Å². The molecule has 0 aliphatic heterocycles. The van der Waals surface area contributed by atoms with Crippen molar-refractivity contribution in [3.8, 4) is 0 Å². The summed E-state index contributed by atoms with van der Waals surface area (Å²) < 4.78 is 4.37. The lowest BCUT2D eigenvalue weighted by Gasteiger charge is -1.98. The molecule has 0 aliphatic rings. The van der Waals surface area contributed by atoms with Crippen LogP contribution in [0.1, 0.15) is 0 Å². The average Bonchev–Trinajstić information content (AvgIpc) is 2.62. The number of nitro groups is 1. The predicted molar refractivity (Wildman–Crippen MR) is 49.3 cm³/mol. The van der Waals surface area contributed by atoms with Crippen molar-refractivity contribution in [3.63, 3.8) is 0 Å². The summed E-state index contributed by atoms with van der Waals surface area (Å²) in [4.78, 5) is 24.1. The lowest BCUT2D eigenvalue weighted by Crippen LogP contribution is -2.14. The van der Waals surface area contributed by atoms with E-state index in [1.165, 1.54) is 7.11 Å². The fourth-order valence-electron chi connectivity index (χ4n) is 0.652. The molecule has 8 heteroatoms. The Hall–Kier alpha value is -1.70. The van der Waals surface area contributed by atoms with Crippen LogP contribution in [0.2, 0.25) is 0 Å². The highest BCUT2D eigenvalue weighted by Gasteiger charge is 2.11. The molecule has 0 atom stereocenters. The third-order valence-corrected chi connectivity index (χ3v) is 2.19. The lowest BCUT2D eigenvalue weighted by atomic mass is 10.6. The van der Waals surface area contributed by atoms with Gasteiger partial charge in [0.15, 0.2) is 5.13 Å². The van der Waals surface area contributed by atoms with Gasteiger partial charge in [0.2, 0.25) is 0 Å². The van der Waals surface area contributed by atoms with Crippen molar-refractivity contribution in [2.45, 2.75) is 0 Å². The Labute approximate surface area is 82.9 Å². The second-order valence-corrected chi connectivity index (χ2v) is 3.20. The number of rotatable bonds is 4. The fraction of sp³-hybridized carbons (Fsp3) is 0.333. The highest BCUT2D eigenvalue weighted by Crippen LogP contribution is 2.24. The smallest absolute Gasteiger partial charge is 0.345 e. The van der Waals surface area contributed by atoms with Crippen LogP contribution in [0, 0.1) is 10.1 Å². The number of esters is 1. The molecule has 1 rings (SSSR count). The first-order valence-electron chi connectivity index (χ1n) is 3.54. The van der Waals surface area contributed by atoms with Gasteiger partial charge in [-0.25, -0.2) is 4.98 Å². The highest BCUT2D eigenvalue weighted by atomic mass is 32.1. The topological polar surface area (TPSA) is 94.4 Å². The molecule has 0 bridgehead atoms. The standard InChI is InChI=1S/C6H7N3O4S/c1-13-5(10)3-8-6-7-2-4(14-6)9(11)12/h2H,3H2,1H3,(H,7,8). The van der Waals surface area contributed by atoms with E-state index < -0.39 is 10.9 Å². The second kappa shape index (κ2) is 4.51. The average molecular weight is 217 g/mol. The summed E-state index contributed by atoms with van der Waals surface area (Å²) in [6.45, 7) is -0.0544. The molecule has 0 saturated heterocycles. The SMILES string of the molecule is COC(=O)CNc1ncc([N+](=O)[O-])s1. The molecule has 14 heavy (non-hydrogen) atoms. The monoisotopic (exact) mass is 217 g/mol. The lowest BCUT2D eigenvalue weighted by molar-refractivity contribution is -0.380. The minimum absolute atomic E-state index is 0.0544. The second-order valence-electron chi connectivity index (χ2n) is 2.19. The van der Waals surface area contributed by atoms with Gasteiger partial charge in [-0.15, -0.1) is 0 Å². The Morgan fingerprint density at radius 2 is 2.57 bits per heavy atom. The van der Waals surface area contributed by atoms with Crippen molar-refractivity contribution in [1.82, 2.24) is 4.98 Å². The normalized spacial score (nSPS) is 9.50. The zero-order valence-electron chi connectivity index (χ0n) is 7.22. The van der Waals surface area contributed by atoms with Crippen molar-refractivity contribution in [2.24, 2.45) is 0 Å². The Morgan fingerprint density at radius 3 is 3.07 bits per heavy atom. The maximum atomic E-state index is 10.7. The maximum Gasteiger partial charge on any atom is 0.345 e. The summed E-state index contributed by atoms with van der Waals surface area (Å²) in [5.41, 5.74) is 0. The Balaban J connectivity index is 2.52. The summed E-state index contributed by atoms with van der Waals surface area (Å²) in [6, 6.07) is 0. The number of hydrogen-bond donors (Lipinski definition) is 1. The number of carbonyl (C=O) groups excluding carboxylic acids is 1. The molecular weight excluding hydrogens is 210 g/mol. The summed E-state index contributed by atoms with van der Waals surface area (Å²) in [5, 5.41) is 13.1. The molecule has 0 fully saturated rings. The van der Waals surface area contributed by atoms with E-state index >= 15 is 0 Å².